The highest BCUT2D eigenvalue weighted by atomic mass is 16.5. The molecule has 0 aromatic heterocycles. The molecule has 4 rings (SSSR count). The molecule has 3 aromatic carbocycles. The van der Waals surface area contributed by atoms with Gasteiger partial charge in [0.05, 0.1) is 19.1 Å². The molecule has 168 valence electrons. The van der Waals surface area contributed by atoms with Crippen LogP contribution >= 0.6 is 0 Å². The number of nitrogens with one attached hydrogen (secondary N) is 1. The van der Waals surface area contributed by atoms with E-state index >= 15 is 0 Å². The van der Waals surface area contributed by atoms with Crippen molar-refractivity contribution in [3.63, 3.8) is 0 Å². The molecule has 0 saturated carbocycles. The molecule has 0 saturated heterocycles. The number of amides is 2. The zero-order valence-electron chi connectivity index (χ0n) is 18.7. The minimum Gasteiger partial charge on any atom is -0.494 e. The van der Waals surface area contributed by atoms with Gasteiger partial charge in [0.2, 0.25) is 11.8 Å². The molecule has 1 aliphatic rings. The maximum absolute atomic E-state index is 12.8. The standard InChI is InChI=1S/C27H26N2O4/c1-3-32-22-12-14-24(15-13-22)33-23-10-8-21(9-11-23)28-27(31)18-26-25-7-5-4-6-20(25)16-17-29(26)19(2)30/h4-17,26H,3,18H2,1-2H3,(H,28,31)/t26-/m1/s1. The van der Waals surface area contributed by atoms with Gasteiger partial charge >= 0.3 is 0 Å². The number of fused-ring (bicyclic) bond motifs is 1. The molecular formula is C27H26N2O4. The average molecular weight is 443 g/mol. The highest BCUT2D eigenvalue weighted by Crippen LogP contribution is 2.33. The van der Waals surface area contributed by atoms with Crippen LogP contribution in [0.15, 0.2) is 79.0 Å². The maximum atomic E-state index is 12.8. The molecule has 0 bridgehead atoms. The predicted octanol–water partition coefficient (Wildman–Crippen LogP) is 5.78. The Hall–Kier alpha value is -4.06. The van der Waals surface area contributed by atoms with E-state index in [4.69, 9.17) is 9.47 Å². The number of ether oxygens (including phenoxy) is 2. The van der Waals surface area contributed by atoms with E-state index in [2.05, 4.69) is 5.32 Å². The molecule has 1 aliphatic heterocycles. The van der Waals surface area contributed by atoms with Gasteiger partial charge in [-0.3, -0.25) is 9.59 Å². The number of benzene rings is 3. The van der Waals surface area contributed by atoms with Crippen molar-refractivity contribution in [3.05, 3.63) is 90.1 Å². The van der Waals surface area contributed by atoms with Gasteiger partial charge in [-0.05, 0) is 72.7 Å². The summed E-state index contributed by atoms with van der Waals surface area (Å²) in [6.07, 6.45) is 3.80. The Kier molecular flexibility index (Phi) is 6.74. The topological polar surface area (TPSA) is 67.9 Å². The molecule has 0 unspecified atom stereocenters. The van der Waals surface area contributed by atoms with E-state index in [9.17, 15) is 9.59 Å². The monoisotopic (exact) mass is 442 g/mol. The number of hydrogen-bond donors (Lipinski definition) is 1. The summed E-state index contributed by atoms with van der Waals surface area (Å²) in [6.45, 7) is 4.06. The molecule has 1 heterocycles. The lowest BCUT2D eigenvalue weighted by Crippen LogP contribution is -2.33. The summed E-state index contributed by atoms with van der Waals surface area (Å²) in [6, 6.07) is 22.0. The van der Waals surface area contributed by atoms with Crippen LogP contribution in [-0.4, -0.2) is 23.3 Å². The van der Waals surface area contributed by atoms with Crippen LogP contribution in [0.4, 0.5) is 5.69 Å². The maximum Gasteiger partial charge on any atom is 0.226 e. The Labute approximate surface area is 193 Å². The Morgan fingerprint density at radius 1 is 0.909 bits per heavy atom. The SMILES string of the molecule is CCOc1ccc(Oc2ccc(NC(=O)C[C@@H]3c4ccccc4C=CN3C(C)=O)cc2)cc1. The summed E-state index contributed by atoms with van der Waals surface area (Å²) >= 11 is 0. The molecule has 2 amide bonds. The van der Waals surface area contributed by atoms with E-state index in [1.54, 1.807) is 35.4 Å². The molecule has 1 atom stereocenters. The molecule has 1 N–H and O–H groups in total. The van der Waals surface area contributed by atoms with Crippen molar-refractivity contribution in [1.82, 2.24) is 4.90 Å². The molecule has 0 radical (unpaired) electrons. The first kappa shape index (κ1) is 22.1. The molecule has 6 nitrogen and oxygen atoms in total. The highest BCUT2D eigenvalue weighted by molar-refractivity contribution is 5.92. The zero-order valence-corrected chi connectivity index (χ0v) is 18.7. The molecule has 33 heavy (non-hydrogen) atoms. The number of hydrogen-bond acceptors (Lipinski definition) is 4. The third kappa shape index (κ3) is 5.41. The van der Waals surface area contributed by atoms with Crippen molar-refractivity contribution in [2.45, 2.75) is 26.3 Å². The Morgan fingerprint density at radius 3 is 2.21 bits per heavy atom. The van der Waals surface area contributed by atoms with Gasteiger partial charge in [0.15, 0.2) is 0 Å². The van der Waals surface area contributed by atoms with Crippen LogP contribution in [0.3, 0.4) is 0 Å². The molecule has 6 heteroatoms. The first-order chi connectivity index (χ1) is 16.0. The molecule has 0 spiro atoms. The summed E-state index contributed by atoms with van der Waals surface area (Å²) in [5.41, 5.74) is 2.64. The molecule has 0 aliphatic carbocycles. The summed E-state index contributed by atoms with van der Waals surface area (Å²) in [7, 11) is 0. The lowest BCUT2D eigenvalue weighted by molar-refractivity contribution is -0.129. The van der Waals surface area contributed by atoms with Gasteiger partial charge < -0.3 is 19.7 Å². The van der Waals surface area contributed by atoms with Crippen molar-refractivity contribution in [2.24, 2.45) is 0 Å². The largest absolute Gasteiger partial charge is 0.494 e. The molecule has 3 aromatic rings. The molecular weight excluding hydrogens is 416 g/mol. The number of rotatable bonds is 7. The van der Waals surface area contributed by atoms with Crippen molar-refractivity contribution in [3.8, 4) is 17.2 Å². The summed E-state index contributed by atoms with van der Waals surface area (Å²) < 4.78 is 11.3. The second kappa shape index (κ2) is 10.0. The van der Waals surface area contributed by atoms with Crippen molar-refractivity contribution in [1.29, 1.82) is 0 Å². The van der Waals surface area contributed by atoms with Gasteiger partial charge in [-0.1, -0.05) is 24.3 Å². The first-order valence-electron chi connectivity index (χ1n) is 10.9. The predicted molar refractivity (Wildman–Crippen MR) is 128 cm³/mol. The van der Waals surface area contributed by atoms with Crippen LogP contribution < -0.4 is 14.8 Å². The van der Waals surface area contributed by atoms with E-state index in [1.807, 2.05) is 61.5 Å². The Balaban J connectivity index is 1.39. The number of carbonyl (C=O) groups is 2. The fourth-order valence-corrected chi connectivity index (χ4v) is 3.81. The summed E-state index contributed by atoms with van der Waals surface area (Å²) in [5.74, 6) is 1.88. The number of carbonyl (C=O) groups excluding carboxylic acids is 2. The fourth-order valence-electron chi connectivity index (χ4n) is 3.81. The van der Waals surface area contributed by atoms with Gasteiger partial charge in [-0.25, -0.2) is 0 Å². The van der Waals surface area contributed by atoms with Crippen LogP contribution in [0, 0.1) is 0 Å². The number of anilines is 1. The third-order valence-corrected chi connectivity index (χ3v) is 5.36. The van der Waals surface area contributed by atoms with Gasteiger partial charge in [-0.2, -0.15) is 0 Å². The lowest BCUT2D eigenvalue weighted by atomic mass is 9.93. The van der Waals surface area contributed by atoms with Crippen molar-refractivity contribution >= 4 is 23.6 Å². The van der Waals surface area contributed by atoms with E-state index in [-0.39, 0.29) is 24.3 Å². The first-order valence-corrected chi connectivity index (χ1v) is 10.9. The second-order valence-corrected chi connectivity index (χ2v) is 7.67. The van der Waals surface area contributed by atoms with Crippen LogP contribution in [0.25, 0.3) is 6.08 Å². The van der Waals surface area contributed by atoms with Crippen LogP contribution in [-0.2, 0) is 9.59 Å². The smallest absolute Gasteiger partial charge is 0.226 e. The minimum atomic E-state index is -0.342. The van der Waals surface area contributed by atoms with Gasteiger partial charge in [-0.15, -0.1) is 0 Å². The van der Waals surface area contributed by atoms with Crippen molar-refractivity contribution < 1.29 is 19.1 Å². The van der Waals surface area contributed by atoms with Gasteiger partial charge in [0, 0.05) is 18.8 Å². The van der Waals surface area contributed by atoms with E-state index in [0.29, 0.717) is 23.8 Å². The normalized spacial score (nSPS) is 14.4. The summed E-state index contributed by atoms with van der Waals surface area (Å²) in [4.78, 5) is 26.5. The zero-order chi connectivity index (χ0) is 23.2. The summed E-state index contributed by atoms with van der Waals surface area (Å²) in [5, 5.41) is 2.92. The van der Waals surface area contributed by atoms with Crippen LogP contribution in [0.2, 0.25) is 0 Å². The highest BCUT2D eigenvalue weighted by Gasteiger charge is 2.28. The van der Waals surface area contributed by atoms with Gasteiger partial charge in [0.1, 0.15) is 17.2 Å². The fraction of sp³-hybridized carbons (Fsp3) is 0.185. The molecule has 0 fully saturated rings. The van der Waals surface area contributed by atoms with Gasteiger partial charge in [0.25, 0.3) is 0 Å². The van der Waals surface area contributed by atoms with E-state index < -0.39 is 0 Å². The average Bonchev–Trinajstić information content (AvgIpc) is 2.82. The third-order valence-electron chi connectivity index (χ3n) is 5.36. The van der Waals surface area contributed by atoms with Crippen molar-refractivity contribution in [2.75, 3.05) is 11.9 Å². The number of nitrogens with zero attached hydrogens (tertiary/aromatic N) is 1. The van der Waals surface area contributed by atoms with E-state index in [1.165, 1.54) is 6.92 Å². The quantitative estimate of drug-likeness (QED) is 0.504. The minimum absolute atomic E-state index is 0.102. The Bertz CT molecular complexity index is 1150. The van der Waals surface area contributed by atoms with Crippen LogP contribution in [0.1, 0.15) is 37.4 Å². The lowest BCUT2D eigenvalue weighted by Gasteiger charge is -2.32. The van der Waals surface area contributed by atoms with E-state index in [0.717, 1.165) is 16.9 Å². The Morgan fingerprint density at radius 2 is 1.55 bits per heavy atom. The second-order valence-electron chi connectivity index (χ2n) is 7.67. The van der Waals surface area contributed by atoms with Crippen LogP contribution in [0.5, 0.6) is 17.2 Å².